The Morgan fingerprint density at radius 1 is 1.06 bits per heavy atom. The molecule has 0 spiro atoms. The van der Waals surface area contributed by atoms with Gasteiger partial charge in [0, 0.05) is 44.0 Å². The second-order valence-electron chi connectivity index (χ2n) is 8.51. The van der Waals surface area contributed by atoms with Crippen LogP contribution in [0, 0.1) is 12.8 Å². The molecule has 2 aromatic carbocycles. The fraction of sp³-hybridized carbons (Fsp3) is 0.375. The monoisotopic (exact) mass is 498 g/mol. The van der Waals surface area contributed by atoms with Gasteiger partial charge in [0.15, 0.2) is 11.5 Å². The smallest absolute Gasteiger partial charge is 0.243 e. The van der Waals surface area contributed by atoms with Gasteiger partial charge in [0.05, 0.1) is 23.8 Å². The molecule has 0 atom stereocenters. The molecule has 3 aromatic rings. The van der Waals surface area contributed by atoms with E-state index < -0.39 is 10.0 Å². The van der Waals surface area contributed by atoms with E-state index in [0.717, 1.165) is 6.42 Å². The number of sulfonamides is 1. The molecule has 2 aliphatic rings. The number of anilines is 1. The van der Waals surface area contributed by atoms with E-state index >= 15 is 0 Å². The summed E-state index contributed by atoms with van der Waals surface area (Å²) in [6.45, 7) is 3.22. The SMILES string of the molecule is Cc1nc(-c2ccccc2NC(=O)C2CCN(S(=O)(=O)c3ccc4c(c3)OCCCO4)CC2)no1. The quantitative estimate of drug-likeness (QED) is 0.569. The molecule has 2 aliphatic heterocycles. The highest BCUT2D eigenvalue weighted by Gasteiger charge is 2.33. The number of hydrogen-bond acceptors (Lipinski definition) is 8. The minimum absolute atomic E-state index is 0.161. The molecule has 0 unspecified atom stereocenters. The first kappa shape index (κ1) is 23.3. The van der Waals surface area contributed by atoms with Crippen LogP contribution in [0.15, 0.2) is 51.9 Å². The third-order valence-electron chi connectivity index (χ3n) is 6.13. The third kappa shape index (κ3) is 4.87. The van der Waals surface area contributed by atoms with E-state index in [0.29, 0.717) is 60.5 Å². The average molecular weight is 499 g/mol. The fourth-order valence-corrected chi connectivity index (χ4v) is 5.73. The summed E-state index contributed by atoms with van der Waals surface area (Å²) in [4.78, 5) is 17.4. The number of piperidine rings is 1. The second-order valence-corrected chi connectivity index (χ2v) is 10.4. The summed E-state index contributed by atoms with van der Waals surface area (Å²) >= 11 is 0. The highest BCUT2D eigenvalue weighted by atomic mass is 32.2. The van der Waals surface area contributed by atoms with E-state index in [1.54, 1.807) is 19.1 Å². The maximum Gasteiger partial charge on any atom is 0.243 e. The molecule has 11 heteroatoms. The third-order valence-corrected chi connectivity index (χ3v) is 8.03. The Kier molecular flexibility index (Phi) is 6.44. The highest BCUT2D eigenvalue weighted by Crippen LogP contribution is 2.34. The zero-order valence-corrected chi connectivity index (χ0v) is 20.1. The van der Waals surface area contributed by atoms with Gasteiger partial charge in [-0.1, -0.05) is 17.3 Å². The Balaban J connectivity index is 1.25. The van der Waals surface area contributed by atoms with Crippen LogP contribution >= 0.6 is 0 Å². The predicted octanol–water partition coefficient (Wildman–Crippen LogP) is 3.25. The topological polar surface area (TPSA) is 124 Å². The van der Waals surface area contributed by atoms with Gasteiger partial charge in [-0.3, -0.25) is 4.79 Å². The van der Waals surface area contributed by atoms with Gasteiger partial charge >= 0.3 is 0 Å². The Labute approximate surface area is 203 Å². The molecular weight excluding hydrogens is 472 g/mol. The number of benzene rings is 2. The minimum atomic E-state index is -3.72. The number of fused-ring (bicyclic) bond motifs is 1. The van der Waals surface area contributed by atoms with Crippen LogP contribution in [0.5, 0.6) is 11.5 Å². The number of rotatable bonds is 5. The largest absolute Gasteiger partial charge is 0.490 e. The number of nitrogens with one attached hydrogen (secondary N) is 1. The first-order chi connectivity index (χ1) is 16.9. The normalized spacial score (nSPS) is 17.1. The molecule has 0 saturated carbocycles. The Hall–Kier alpha value is -3.44. The minimum Gasteiger partial charge on any atom is -0.490 e. The first-order valence-corrected chi connectivity index (χ1v) is 13.0. The lowest BCUT2D eigenvalue weighted by Gasteiger charge is -2.30. The summed E-state index contributed by atoms with van der Waals surface area (Å²) < 4.78 is 44.2. The Morgan fingerprint density at radius 3 is 2.54 bits per heavy atom. The van der Waals surface area contributed by atoms with Crippen LogP contribution in [0.25, 0.3) is 11.4 Å². The standard InChI is InChI=1S/C24H26N4O6S/c1-16-25-23(27-34-16)19-5-2-3-6-20(19)26-24(29)17-9-11-28(12-10-17)35(30,31)18-7-8-21-22(15-18)33-14-4-13-32-21/h2-3,5-8,15,17H,4,9-14H2,1H3,(H,26,29). The molecule has 1 aromatic heterocycles. The van der Waals surface area contributed by atoms with Crippen molar-refractivity contribution < 1.29 is 27.2 Å². The van der Waals surface area contributed by atoms with Crippen LogP contribution in [0.2, 0.25) is 0 Å². The van der Waals surface area contributed by atoms with Crippen molar-refractivity contribution in [1.29, 1.82) is 0 Å². The number of nitrogens with zero attached hydrogens (tertiary/aromatic N) is 3. The summed E-state index contributed by atoms with van der Waals surface area (Å²) in [6, 6.07) is 11.9. The highest BCUT2D eigenvalue weighted by molar-refractivity contribution is 7.89. The molecule has 1 saturated heterocycles. The summed E-state index contributed by atoms with van der Waals surface area (Å²) in [7, 11) is -3.72. The van der Waals surface area contributed by atoms with Gasteiger partial charge in [0.1, 0.15) is 0 Å². The molecule has 1 N–H and O–H groups in total. The van der Waals surface area contributed by atoms with Gasteiger partial charge in [-0.15, -0.1) is 0 Å². The van der Waals surface area contributed by atoms with Crippen molar-refractivity contribution in [3.63, 3.8) is 0 Å². The molecule has 0 aliphatic carbocycles. The van der Waals surface area contributed by atoms with E-state index in [9.17, 15) is 13.2 Å². The van der Waals surface area contributed by atoms with Gasteiger partial charge in [-0.05, 0) is 37.1 Å². The summed E-state index contributed by atoms with van der Waals surface area (Å²) in [5.41, 5.74) is 1.24. The van der Waals surface area contributed by atoms with Crippen molar-refractivity contribution in [3.05, 3.63) is 48.4 Å². The maximum absolute atomic E-state index is 13.2. The van der Waals surface area contributed by atoms with E-state index in [2.05, 4.69) is 15.5 Å². The zero-order valence-electron chi connectivity index (χ0n) is 19.3. The summed E-state index contributed by atoms with van der Waals surface area (Å²) in [5, 5.41) is 6.89. The number of ether oxygens (including phenoxy) is 2. The fourth-order valence-electron chi connectivity index (χ4n) is 4.24. The molecule has 0 bridgehead atoms. The lowest BCUT2D eigenvalue weighted by molar-refractivity contribution is -0.120. The lowest BCUT2D eigenvalue weighted by atomic mass is 9.97. The van der Waals surface area contributed by atoms with Crippen molar-refractivity contribution >= 4 is 21.6 Å². The van der Waals surface area contributed by atoms with Gasteiger partial charge in [0.25, 0.3) is 0 Å². The molecule has 184 valence electrons. The molecule has 1 amide bonds. The molecule has 10 nitrogen and oxygen atoms in total. The van der Waals surface area contributed by atoms with Crippen molar-refractivity contribution in [2.75, 3.05) is 31.6 Å². The number of carbonyl (C=O) groups is 1. The second kappa shape index (κ2) is 9.67. The van der Waals surface area contributed by atoms with Crippen molar-refractivity contribution in [1.82, 2.24) is 14.4 Å². The molecule has 1 fully saturated rings. The first-order valence-electron chi connectivity index (χ1n) is 11.5. The summed E-state index contributed by atoms with van der Waals surface area (Å²) in [6.07, 6.45) is 1.57. The van der Waals surface area contributed by atoms with Crippen LogP contribution < -0.4 is 14.8 Å². The molecule has 0 radical (unpaired) electrons. The van der Waals surface area contributed by atoms with Crippen molar-refractivity contribution in [3.8, 4) is 22.9 Å². The maximum atomic E-state index is 13.2. The van der Waals surface area contributed by atoms with Gasteiger partial charge < -0.3 is 19.3 Å². The van der Waals surface area contributed by atoms with Gasteiger partial charge in [-0.25, -0.2) is 8.42 Å². The van der Waals surface area contributed by atoms with Crippen molar-refractivity contribution in [2.45, 2.75) is 31.1 Å². The van der Waals surface area contributed by atoms with Crippen LogP contribution in [0.1, 0.15) is 25.2 Å². The van der Waals surface area contributed by atoms with Gasteiger partial charge in [0.2, 0.25) is 27.6 Å². The number of hydrogen-bond donors (Lipinski definition) is 1. The van der Waals surface area contributed by atoms with Crippen LogP contribution in [0.4, 0.5) is 5.69 Å². The van der Waals surface area contributed by atoms with E-state index in [-0.39, 0.29) is 29.8 Å². The Morgan fingerprint density at radius 2 is 1.80 bits per heavy atom. The van der Waals surface area contributed by atoms with Crippen LogP contribution in [0.3, 0.4) is 0 Å². The average Bonchev–Trinajstić information content (AvgIpc) is 3.16. The number of para-hydroxylation sites is 1. The Bertz CT molecular complexity index is 1330. The molecule has 35 heavy (non-hydrogen) atoms. The van der Waals surface area contributed by atoms with Crippen LogP contribution in [-0.2, 0) is 14.8 Å². The number of aromatic nitrogens is 2. The van der Waals surface area contributed by atoms with E-state index in [1.807, 2.05) is 18.2 Å². The lowest BCUT2D eigenvalue weighted by Crippen LogP contribution is -2.41. The predicted molar refractivity (Wildman–Crippen MR) is 127 cm³/mol. The molecule has 3 heterocycles. The number of aryl methyl sites for hydroxylation is 1. The number of carbonyl (C=O) groups excluding carboxylic acids is 1. The van der Waals surface area contributed by atoms with E-state index in [1.165, 1.54) is 16.4 Å². The molecule has 5 rings (SSSR count). The summed E-state index contributed by atoms with van der Waals surface area (Å²) in [5.74, 6) is 1.34. The van der Waals surface area contributed by atoms with Crippen molar-refractivity contribution in [2.24, 2.45) is 5.92 Å². The van der Waals surface area contributed by atoms with Crippen LogP contribution in [-0.4, -0.2) is 55.1 Å². The number of amides is 1. The van der Waals surface area contributed by atoms with Gasteiger partial charge in [-0.2, -0.15) is 9.29 Å². The van der Waals surface area contributed by atoms with E-state index in [4.69, 9.17) is 14.0 Å². The molecular formula is C24H26N4O6S. The zero-order chi connectivity index (χ0) is 24.4.